The van der Waals surface area contributed by atoms with E-state index < -0.39 is 10.1 Å². The van der Waals surface area contributed by atoms with E-state index in [4.69, 9.17) is 8.92 Å². The number of benzene rings is 3. The molecule has 0 aliphatic carbocycles. The van der Waals surface area contributed by atoms with Gasteiger partial charge in [-0.15, -0.1) is 0 Å². The van der Waals surface area contributed by atoms with Crippen LogP contribution in [0.3, 0.4) is 0 Å². The van der Waals surface area contributed by atoms with Gasteiger partial charge in [0.2, 0.25) is 0 Å². The summed E-state index contributed by atoms with van der Waals surface area (Å²) in [6, 6.07) is 19.2. The molecule has 0 saturated heterocycles. The largest absolute Gasteiger partial charge is 0.490 e. The van der Waals surface area contributed by atoms with Crippen molar-refractivity contribution in [2.45, 2.75) is 18.7 Å². The van der Waals surface area contributed by atoms with E-state index in [1.54, 1.807) is 36.5 Å². The smallest absolute Gasteiger partial charge is 0.339 e. The summed E-state index contributed by atoms with van der Waals surface area (Å²) in [5, 5.41) is 0. The lowest BCUT2D eigenvalue weighted by molar-refractivity contribution is 0.327. The number of hydrogen-bond acceptors (Lipinski definition) is 5. The maximum atomic E-state index is 12.6. The predicted molar refractivity (Wildman–Crippen MR) is 118 cm³/mol. The van der Waals surface area contributed by atoms with Crippen LogP contribution < -0.4 is 8.92 Å². The highest BCUT2D eigenvalue weighted by molar-refractivity contribution is 9.10. The molecule has 0 N–H and O–H groups in total. The van der Waals surface area contributed by atoms with Gasteiger partial charge in [0.1, 0.15) is 4.90 Å². The lowest BCUT2D eigenvalue weighted by Gasteiger charge is -2.14. The van der Waals surface area contributed by atoms with Crippen LogP contribution in [0.4, 0.5) is 5.69 Å². The Morgan fingerprint density at radius 3 is 2.38 bits per heavy atom. The van der Waals surface area contributed by atoms with Gasteiger partial charge < -0.3 is 8.92 Å². The van der Waals surface area contributed by atoms with Gasteiger partial charge in [-0.25, -0.2) is 0 Å². The Balaban J connectivity index is 1.93. The van der Waals surface area contributed by atoms with Crippen LogP contribution in [-0.4, -0.2) is 21.2 Å². The van der Waals surface area contributed by atoms with Crippen molar-refractivity contribution in [1.82, 2.24) is 0 Å². The molecule has 3 aromatic carbocycles. The summed E-state index contributed by atoms with van der Waals surface area (Å²) >= 11 is 3.40. The Hall–Kier alpha value is -2.64. The first-order valence-corrected chi connectivity index (χ1v) is 11.2. The molecule has 3 rings (SSSR count). The molecule has 0 aromatic heterocycles. The Kier molecular flexibility index (Phi) is 6.71. The van der Waals surface area contributed by atoms with Crippen molar-refractivity contribution in [3.05, 3.63) is 82.3 Å². The average Bonchev–Trinajstić information content (AvgIpc) is 2.71. The van der Waals surface area contributed by atoms with E-state index in [1.165, 1.54) is 12.1 Å². The zero-order valence-corrected chi connectivity index (χ0v) is 18.4. The van der Waals surface area contributed by atoms with E-state index in [9.17, 15) is 8.42 Å². The minimum absolute atomic E-state index is 0.0689. The van der Waals surface area contributed by atoms with Crippen molar-refractivity contribution in [2.24, 2.45) is 4.99 Å². The molecule has 5 nitrogen and oxygen atoms in total. The highest BCUT2D eigenvalue weighted by atomic mass is 79.9. The first-order chi connectivity index (χ1) is 13.9. The van der Waals surface area contributed by atoms with Gasteiger partial charge in [-0.05, 0) is 71.7 Å². The Morgan fingerprint density at radius 2 is 1.72 bits per heavy atom. The molecule has 0 radical (unpaired) electrons. The average molecular weight is 474 g/mol. The number of halogens is 1. The third-order valence-corrected chi connectivity index (χ3v) is 5.78. The maximum Gasteiger partial charge on any atom is 0.339 e. The number of ether oxygens (including phenoxy) is 1. The topological polar surface area (TPSA) is 65.0 Å². The van der Waals surface area contributed by atoms with E-state index in [0.29, 0.717) is 16.8 Å². The molecule has 7 heteroatoms. The summed E-state index contributed by atoms with van der Waals surface area (Å²) in [7, 11) is -3.99. The normalized spacial score (nSPS) is 11.6. The standard InChI is InChI=1S/C22H20BrNO4S/c1-3-27-21-14-17(15-24-18-11-9-16(2)10-12-18)13-20(23)22(21)28-29(25,26)19-7-5-4-6-8-19/h4-15H,3H2,1-2H3. The number of aliphatic imine (C=N–C) groups is 1. The Bertz CT molecular complexity index is 1110. The second-order valence-corrected chi connectivity index (χ2v) is 8.61. The SMILES string of the molecule is CCOc1cc(C=Nc2ccc(C)cc2)cc(Br)c1OS(=O)(=O)c1ccccc1. The van der Waals surface area contributed by atoms with Gasteiger partial charge in [0.05, 0.1) is 16.8 Å². The molecular weight excluding hydrogens is 454 g/mol. The first kappa shape index (κ1) is 21.1. The second kappa shape index (κ2) is 9.24. The van der Waals surface area contributed by atoms with Gasteiger partial charge in [0.25, 0.3) is 0 Å². The molecule has 0 aliphatic rings. The van der Waals surface area contributed by atoms with Crippen LogP contribution in [0.25, 0.3) is 0 Å². The van der Waals surface area contributed by atoms with Crippen molar-refractivity contribution >= 4 is 38.0 Å². The number of hydrogen-bond donors (Lipinski definition) is 0. The third-order valence-electron chi connectivity index (χ3n) is 3.95. The van der Waals surface area contributed by atoms with E-state index in [-0.39, 0.29) is 10.6 Å². The number of rotatable bonds is 7. The van der Waals surface area contributed by atoms with Gasteiger partial charge in [-0.2, -0.15) is 8.42 Å². The number of nitrogens with zero attached hydrogens (tertiary/aromatic N) is 1. The molecule has 0 atom stereocenters. The van der Waals surface area contributed by atoms with Gasteiger partial charge in [-0.3, -0.25) is 4.99 Å². The minimum Gasteiger partial charge on any atom is -0.490 e. The van der Waals surface area contributed by atoms with Crippen molar-refractivity contribution in [3.8, 4) is 11.5 Å². The summed E-state index contributed by atoms with van der Waals surface area (Å²) in [4.78, 5) is 4.52. The molecule has 0 saturated carbocycles. The van der Waals surface area contributed by atoms with Gasteiger partial charge in [-0.1, -0.05) is 35.9 Å². The molecule has 0 fully saturated rings. The molecule has 0 amide bonds. The highest BCUT2D eigenvalue weighted by Crippen LogP contribution is 2.38. The zero-order valence-electron chi connectivity index (χ0n) is 16.0. The quantitative estimate of drug-likeness (QED) is 0.327. The molecule has 29 heavy (non-hydrogen) atoms. The minimum atomic E-state index is -3.99. The summed E-state index contributed by atoms with van der Waals surface area (Å²) < 4.78 is 36.7. The monoisotopic (exact) mass is 473 g/mol. The van der Waals surface area contributed by atoms with Crippen molar-refractivity contribution in [2.75, 3.05) is 6.61 Å². The van der Waals surface area contributed by atoms with Crippen molar-refractivity contribution in [3.63, 3.8) is 0 Å². The van der Waals surface area contributed by atoms with Crippen LogP contribution >= 0.6 is 15.9 Å². The lowest BCUT2D eigenvalue weighted by Crippen LogP contribution is -2.11. The lowest BCUT2D eigenvalue weighted by atomic mass is 10.2. The van der Waals surface area contributed by atoms with E-state index in [1.807, 2.05) is 38.1 Å². The summed E-state index contributed by atoms with van der Waals surface area (Å²) in [6.07, 6.45) is 1.69. The third kappa shape index (κ3) is 5.46. The molecular formula is C22H20BrNO4S. The maximum absolute atomic E-state index is 12.6. The van der Waals surface area contributed by atoms with Gasteiger partial charge in [0.15, 0.2) is 11.5 Å². The van der Waals surface area contributed by atoms with Crippen molar-refractivity contribution < 1.29 is 17.3 Å². The van der Waals surface area contributed by atoms with E-state index >= 15 is 0 Å². The van der Waals surface area contributed by atoms with Crippen LogP contribution in [0.15, 0.2) is 81.1 Å². The zero-order chi connectivity index (χ0) is 20.9. The summed E-state index contributed by atoms with van der Waals surface area (Å²) in [6.45, 7) is 4.18. The summed E-state index contributed by atoms with van der Waals surface area (Å²) in [5.41, 5.74) is 2.72. The Labute approximate surface area is 179 Å². The molecule has 0 aliphatic heterocycles. The number of aryl methyl sites for hydroxylation is 1. The fourth-order valence-electron chi connectivity index (χ4n) is 2.53. The molecule has 0 heterocycles. The highest BCUT2D eigenvalue weighted by Gasteiger charge is 2.21. The van der Waals surface area contributed by atoms with E-state index in [0.717, 1.165) is 16.8 Å². The molecule has 0 spiro atoms. The van der Waals surface area contributed by atoms with Crippen LogP contribution in [0, 0.1) is 6.92 Å². The van der Waals surface area contributed by atoms with Crippen LogP contribution in [0.1, 0.15) is 18.1 Å². The molecule has 0 bridgehead atoms. The van der Waals surface area contributed by atoms with E-state index in [2.05, 4.69) is 20.9 Å². The van der Waals surface area contributed by atoms with Crippen LogP contribution in [-0.2, 0) is 10.1 Å². The predicted octanol–water partition coefficient (Wildman–Crippen LogP) is 5.67. The molecule has 0 unspecified atom stereocenters. The fourth-order valence-corrected chi connectivity index (χ4v) is 4.16. The van der Waals surface area contributed by atoms with Gasteiger partial charge in [0, 0.05) is 6.21 Å². The molecule has 150 valence electrons. The van der Waals surface area contributed by atoms with Crippen molar-refractivity contribution in [1.29, 1.82) is 0 Å². The second-order valence-electron chi connectivity index (χ2n) is 6.21. The van der Waals surface area contributed by atoms with Crippen LogP contribution in [0.2, 0.25) is 0 Å². The Morgan fingerprint density at radius 1 is 1.03 bits per heavy atom. The van der Waals surface area contributed by atoms with Gasteiger partial charge >= 0.3 is 10.1 Å². The summed E-state index contributed by atoms with van der Waals surface area (Å²) in [5.74, 6) is 0.412. The fraction of sp³-hybridized carbons (Fsp3) is 0.136. The molecule has 3 aromatic rings. The first-order valence-electron chi connectivity index (χ1n) is 8.95. The van der Waals surface area contributed by atoms with Crippen LogP contribution in [0.5, 0.6) is 11.5 Å².